The van der Waals surface area contributed by atoms with Crippen LogP contribution in [0.15, 0.2) is 25.3 Å². The quantitative estimate of drug-likeness (QED) is 0.391. The van der Waals surface area contributed by atoms with Crippen molar-refractivity contribution in [1.29, 1.82) is 0 Å². The molecule has 3 nitrogen and oxygen atoms in total. The predicted molar refractivity (Wildman–Crippen MR) is 47.3 cm³/mol. The highest BCUT2D eigenvalue weighted by Crippen LogP contribution is 2.01. The zero-order valence-electron chi connectivity index (χ0n) is 6.21. The van der Waals surface area contributed by atoms with E-state index in [1.165, 1.54) is 0 Å². The van der Waals surface area contributed by atoms with Gasteiger partial charge in [0.25, 0.3) is 0 Å². The van der Waals surface area contributed by atoms with Crippen LogP contribution in [0.3, 0.4) is 0 Å². The van der Waals surface area contributed by atoms with Gasteiger partial charge in [-0.1, -0.05) is 12.2 Å². The van der Waals surface area contributed by atoms with Gasteiger partial charge < -0.3 is 9.50 Å². The smallest absolute Gasteiger partial charge is 0.375 e. The molecule has 0 atom stereocenters. The van der Waals surface area contributed by atoms with Crippen LogP contribution in [0.2, 0.25) is 0 Å². The van der Waals surface area contributed by atoms with E-state index >= 15 is 0 Å². The van der Waals surface area contributed by atoms with Crippen LogP contribution in [-0.4, -0.2) is 18.4 Å². The molecule has 0 aliphatic rings. The van der Waals surface area contributed by atoms with Gasteiger partial charge >= 0.3 is 6.09 Å². The molecule has 11 heavy (non-hydrogen) atoms. The molecule has 0 aromatic heterocycles. The fourth-order valence-corrected chi connectivity index (χ4v) is 0.651. The molecule has 0 aliphatic carbocycles. The van der Waals surface area contributed by atoms with Crippen molar-refractivity contribution in [1.82, 2.24) is 5.32 Å². The summed E-state index contributed by atoms with van der Waals surface area (Å²) in [5, 5.41) is 2.46. The minimum absolute atomic E-state index is 0.424. The molecule has 62 valence electrons. The molecule has 0 aliphatic heterocycles. The van der Waals surface area contributed by atoms with Crippen molar-refractivity contribution < 1.29 is 8.98 Å². The number of hydrogen-bond acceptors (Lipinski definition) is 3. The Morgan fingerprint density at radius 2 is 2.27 bits per heavy atom. The van der Waals surface area contributed by atoms with Crippen LogP contribution in [0.4, 0.5) is 4.79 Å². The van der Waals surface area contributed by atoms with Crippen molar-refractivity contribution in [3.63, 3.8) is 0 Å². The van der Waals surface area contributed by atoms with Gasteiger partial charge in [0.2, 0.25) is 0 Å². The van der Waals surface area contributed by atoms with Crippen LogP contribution in [0.5, 0.6) is 0 Å². The van der Waals surface area contributed by atoms with Crippen molar-refractivity contribution in [2.45, 2.75) is 0 Å². The van der Waals surface area contributed by atoms with Gasteiger partial charge in [-0.2, -0.15) is 0 Å². The predicted octanol–water partition coefficient (Wildman–Crippen LogP) is 1.73. The Bertz CT molecular complexity index is 147. The topological polar surface area (TPSA) is 38.3 Å². The average Bonchev–Trinajstić information content (AvgIpc) is 2.01. The third-order valence-corrected chi connectivity index (χ3v) is 1.35. The van der Waals surface area contributed by atoms with Crippen LogP contribution in [0.25, 0.3) is 0 Å². The van der Waals surface area contributed by atoms with E-state index in [0.717, 1.165) is 12.0 Å². The Morgan fingerprint density at radius 1 is 1.55 bits per heavy atom. The largest absolute Gasteiger partial charge is 0.419 e. The first kappa shape index (κ1) is 10.1. The van der Waals surface area contributed by atoms with Crippen LogP contribution in [0.1, 0.15) is 0 Å². The zero-order valence-corrected chi connectivity index (χ0v) is 7.02. The van der Waals surface area contributed by atoms with E-state index in [0.29, 0.717) is 12.3 Å². The molecular weight excluding hydrogens is 162 g/mol. The van der Waals surface area contributed by atoms with Gasteiger partial charge in [-0.25, -0.2) is 4.79 Å². The van der Waals surface area contributed by atoms with Gasteiger partial charge in [-0.3, -0.25) is 0 Å². The lowest BCUT2D eigenvalue weighted by Gasteiger charge is -2.00. The summed E-state index contributed by atoms with van der Waals surface area (Å²) in [6, 6.07) is 0. The highest BCUT2D eigenvalue weighted by molar-refractivity contribution is 7.95. The van der Waals surface area contributed by atoms with E-state index in [-0.39, 0.29) is 0 Å². The number of hydrogen-bond donors (Lipinski definition) is 1. The molecule has 0 radical (unpaired) electrons. The first-order chi connectivity index (χ1) is 5.31. The second-order valence-electron chi connectivity index (χ2n) is 1.61. The fraction of sp³-hybridized carbons (Fsp3) is 0.286. The monoisotopic (exact) mass is 173 g/mol. The second-order valence-corrected chi connectivity index (χ2v) is 2.35. The molecule has 0 unspecified atom stereocenters. The lowest BCUT2D eigenvalue weighted by molar-refractivity contribution is 0.209. The maximum atomic E-state index is 10.6. The Hall–Kier alpha value is -0.900. The summed E-state index contributed by atoms with van der Waals surface area (Å²) in [6.07, 6.45) is 2.79. The van der Waals surface area contributed by atoms with E-state index in [2.05, 4.69) is 22.7 Å². The van der Waals surface area contributed by atoms with Crippen molar-refractivity contribution in [3.05, 3.63) is 25.3 Å². The molecule has 0 aromatic rings. The number of rotatable bonds is 5. The first-order valence-corrected chi connectivity index (χ1v) is 4.01. The highest BCUT2D eigenvalue weighted by Gasteiger charge is 1.97. The summed E-state index contributed by atoms with van der Waals surface area (Å²) in [7, 11) is 0. The third kappa shape index (κ3) is 6.99. The molecule has 0 fully saturated rings. The van der Waals surface area contributed by atoms with Gasteiger partial charge in [-0.15, -0.1) is 13.2 Å². The van der Waals surface area contributed by atoms with Gasteiger partial charge in [0, 0.05) is 12.3 Å². The maximum Gasteiger partial charge on any atom is 0.419 e. The van der Waals surface area contributed by atoms with Crippen LogP contribution >= 0.6 is 12.0 Å². The van der Waals surface area contributed by atoms with E-state index in [1.54, 1.807) is 12.2 Å². The summed E-state index contributed by atoms with van der Waals surface area (Å²) < 4.78 is 4.63. The zero-order chi connectivity index (χ0) is 8.53. The van der Waals surface area contributed by atoms with Crippen molar-refractivity contribution in [2.24, 2.45) is 0 Å². The fourth-order valence-electron chi connectivity index (χ4n) is 0.321. The van der Waals surface area contributed by atoms with Crippen LogP contribution in [0, 0.1) is 0 Å². The molecule has 0 saturated heterocycles. The van der Waals surface area contributed by atoms with Crippen molar-refractivity contribution >= 4 is 18.1 Å². The van der Waals surface area contributed by atoms with Gasteiger partial charge in [0.15, 0.2) is 0 Å². The molecule has 0 heterocycles. The molecule has 0 aromatic carbocycles. The standard InChI is InChI=1S/C7H11NO2S/c1-3-5-8-7(9)10-11-6-4-2/h3-4H,1-2,5-6H2,(H,8,9). The van der Waals surface area contributed by atoms with Crippen LogP contribution < -0.4 is 5.32 Å². The maximum absolute atomic E-state index is 10.6. The lowest BCUT2D eigenvalue weighted by Crippen LogP contribution is -2.21. The molecule has 0 rings (SSSR count). The summed E-state index contributed by atoms with van der Waals surface area (Å²) in [5.41, 5.74) is 0. The van der Waals surface area contributed by atoms with Crippen LogP contribution in [-0.2, 0) is 4.18 Å². The Morgan fingerprint density at radius 3 is 2.82 bits per heavy atom. The molecule has 0 spiro atoms. The summed E-state index contributed by atoms with van der Waals surface area (Å²) in [4.78, 5) is 10.6. The molecule has 1 N–H and O–H groups in total. The van der Waals surface area contributed by atoms with E-state index in [9.17, 15) is 4.79 Å². The Labute approximate surface area is 70.7 Å². The van der Waals surface area contributed by atoms with E-state index < -0.39 is 6.09 Å². The average molecular weight is 173 g/mol. The van der Waals surface area contributed by atoms with Gasteiger partial charge in [0.1, 0.15) is 0 Å². The molecule has 4 heteroatoms. The number of carbonyl (C=O) groups excluding carboxylic acids is 1. The number of nitrogens with one attached hydrogen (secondary N) is 1. The van der Waals surface area contributed by atoms with Crippen molar-refractivity contribution in [2.75, 3.05) is 12.3 Å². The van der Waals surface area contributed by atoms with E-state index in [1.807, 2.05) is 0 Å². The van der Waals surface area contributed by atoms with Crippen molar-refractivity contribution in [3.8, 4) is 0 Å². The molecular formula is C7H11NO2S. The van der Waals surface area contributed by atoms with E-state index in [4.69, 9.17) is 0 Å². The highest BCUT2D eigenvalue weighted by atomic mass is 32.2. The number of amides is 1. The summed E-state index contributed by atoms with van der Waals surface area (Å²) >= 11 is 1.05. The van der Waals surface area contributed by atoms with Gasteiger partial charge in [-0.05, 0) is 0 Å². The molecule has 0 saturated carbocycles. The minimum Gasteiger partial charge on any atom is -0.375 e. The SMILES string of the molecule is C=CCNC(=O)OSCC=C. The second kappa shape index (κ2) is 7.21. The van der Waals surface area contributed by atoms with Gasteiger partial charge in [0.05, 0.1) is 12.0 Å². The minimum atomic E-state index is -0.447. The third-order valence-electron chi connectivity index (χ3n) is 0.711. The number of carbonyl (C=O) groups is 1. The summed E-state index contributed by atoms with van der Waals surface area (Å²) in [6.45, 7) is 7.33. The Balaban J connectivity index is 3.21. The Kier molecular flexibility index (Phi) is 6.62. The molecule has 1 amide bonds. The lowest BCUT2D eigenvalue weighted by atomic mass is 10.6. The normalized spacial score (nSPS) is 8.36. The summed E-state index contributed by atoms with van der Waals surface area (Å²) in [5.74, 6) is 0.599. The first-order valence-electron chi connectivity index (χ1n) is 3.10. The molecule has 0 bridgehead atoms.